The third-order valence-electron chi connectivity index (χ3n) is 5.30. The van der Waals surface area contributed by atoms with Gasteiger partial charge in [-0.2, -0.15) is 38.1 Å². The van der Waals surface area contributed by atoms with Crippen LogP contribution in [0.3, 0.4) is 0 Å². The molecule has 3 unspecified atom stereocenters. The molecule has 2 aliphatic rings. The van der Waals surface area contributed by atoms with Gasteiger partial charge in [-0.1, -0.05) is 32.4 Å². The van der Waals surface area contributed by atoms with Gasteiger partial charge in [0.1, 0.15) is 0 Å². The fraction of sp³-hybridized carbons (Fsp3) is 0.889. The van der Waals surface area contributed by atoms with Gasteiger partial charge in [0.15, 0.2) is 0 Å². The fourth-order valence-electron chi connectivity index (χ4n) is 3.80. The highest BCUT2D eigenvalue weighted by atomic mass is 32.2. The highest BCUT2D eigenvalue weighted by Crippen LogP contribution is 2.50. The van der Waals surface area contributed by atoms with E-state index in [-0.39, 0.29) is 23.5 Å². The van der Waals surface area contributed by atoms with Gasteiger partial charge in [-0.15, -0.1) is 0 Å². The lowest BCUT2D eigenvalue weighted by molar-refractivity contribution is -0.221. The predicted molar refractivity (Wildman–Crippen MR) is 89.5 cm³/mol. The maximum Gasteiger partial charge on any atom is 0.391 e. The number of thioether (sulfide) groups is 1. The Bertz CT molecular complexity index is 463. The van der Waals surface area contributed by atoms with Crippen molar-refractivity contribution < 1.29 is 26.3 Å². The minimum Gasteiger partial charge on any atom is -0.171 e. The molecule has 0 heterocycles. The third-order valence-corrected chi connectivity index (χ3v) is 6.88. The van der Waals surface area contributed by atoms with Crippen molar-refractivity contribution in [2.24, 2.45) is 17.3 Å². The smallest absolute Gasteiger partial charge is 0.171 e. The van der Waals surface area contributed by atoms with Crippen LogP contribution in [-0.2, 0) is 0 Å². The molecule has 0 spiro atoms. The molecule has 0 aromatic carbocycles. The molecule has 0 bridgehead atoms. The van der Waals surface area contributed by atoms with E-state index >= 15 is 0 Å². The van der Waals surface area contributed by atoms with E-state index in [4.69, 9.17) is 0 Å². The normalized spacial score (nSPS) is 32.4. The minimum absolute atomic E-state index is 0.0727. The molecule has 0 radical (unpaired) electrons. The van der Waals surface area contributed by atoms with E-state index in [0.717, 1.165) is 19.3 Å². The first-order valence-electron chi connectivity index (χ1n) is 8.75. The summed E-state index contributed by atoms with van der Waals surface area (Å²) in [6, 6.07) is 0. The average Bonchev–Trinajstić information content (AvgIpc) is 2.44. The van der Waals surface area contributed by atoms with Crippen LogP contribution in [-0.4, -0.2) is 22.9 Å². The molecule has 146 valence electrons. The Morgan fingerprint density at radius 3 is 1.72 bits per heavy atom. The van der Waals surface area contributed by atoms with Gasteiger partial charge in [-0.3, -0.25) is 0 Å². The lowest BCUT2D eigenvalue weighted by Gasteiger charge is -2.38. The summed E-state index contributed by atoms with van der Waals surface area (Å²) in [6.07, 6.45) is -5.71. The molecule has 2 rings (SSSR count). The molecule has 0 amide bonds. The predicted octanol–water partition coefficient (Wildman–Crippen LogP) is 7.15. The van der Waals surface area contributed by atoms with Crippen LogP contribution in [0.25, 0.3) is 0 Å². The maximum atomic E-state index is 13.1. The molecule has 0 N–H and O–H groups in total. The van der Waals surface area contributed by atoms with Crippen LogP contribution in [0.4, 0.5) is 26.3 Å². The number of alkyl halides is 6. The Labute approximate surface area is 149 Å². The zero-order chi connectivity index (χ0) is 19.0. The first-order valence-corrected chi connectivity index (χ1v) is 9.69. The topological polar surface area (TPSA) is 0 Å². The van der Waals surface area contributed by atoms with Crippen LogP contribution in [0.1, 0.15) is 59.3 Å². The second kappa shape index (κ2) is 7.35. The number of hydrogen-bond donors (Lipinski definition) is 0. The first kappa shape index (κ1) is 21.0. The molecular weight excluding hydrogens is 362 g/mol. The molecule has 1 saturated carbocycles. The van der Waals surface area contributed by atoms with Gasteiger partial charge in [0.25, 0.3) is 0 Å². The van der Waals surface area contributed by atoms with E-state index in [2.05, 4.69) is 26.8 Å². The molecule has 3 atom stereocenters. The van der Waals surface area contributed by atoms with Crippen molar-refractivity contribution in [3.05, 3.63) is 11.6 Å². The zero-order valence-electron chi connectivity index (χ0n) is 14.8. The van der Waals surface area contributed by atoms with Crippen LogP contribution >= 0.6 is 11.8 Å². The van der Waals surface area contributed by atoms with Crippen LogP contribution in [0.5, 0.6) is 0 Å². The fourth-order valence-corrected chi connectivity index (χ4v) is 5.49. The molecule has 7 heteroatoms. The van der Waals surface area contributed by atoms with Gasteiger partial charge in [0, 0.05) is 10.5 Å². The number of allylic oxidation sites excluding steroid dienone is 2. The van der Waals surface area contributed by atoms with Crippen LogP contribution in [0.15, 0.2) is 11.6 Å². The van der Waals surface area contributed by atoms with Crippen molar-refractivity contribution in [2.45, 2.75) is 82.1 Å². The molecule has 0 aliphatic heterocycles. The molecule has 0 aromatic rings. The SMILES string of the molecule is CC(C)(C)C1=CCC(SC2CC(C(F)(F)F)CC(C(F)(F)F)C2)CC1. The standard InChI is InChI=1S/C18H26F6S/c1-16(2,3)11-4-6-14(7-5-11)25-15-9-12(17(19,20)21)8-13(10-15)18(22,23)24/h4,12-15H,5-10H2,1-3H3. The summed E-state index contributed by atoms with van der Waals surface area (Å²) in [5, 5.41) is -0.446. The van der Waals surface area contributed by atoms with Crippen molar-refractivity contribution in [1.29, 1.82) is 0 Å². The Hall–Kier alpha value is -0.330. The second-order valence-electron chi connectivity index (χ2n) is 8.32. The monoisotopic (exact) mass is 388 g/mol. The van der Waals surface area contributed by atoms with Crippen LogP contribution in [0.2, 0.25) is 0 Å². The van der Waals surface area contributed by atoms with Gasteiger partial charge < -0.3 is 0 Å². The Kier molecular flexibility index (Phi) is 6.17. The van der Waals surface area contributed by atoms with Crippen molar-refractivity contribution in [3.63, 3.8) is 0 Å². The first-order chi connectivity index (χ1) is 11.3. The minimum atomic E-state index is -4.55. The van der Waals surface area contributed by atoms with Crippen LogP contribution < -0.4 is 0 Å². The van der Waals surface area contributed by atoms with Gasteiger partial charge >= 0.3 is 12.4 Å². The number of halogens is 6. The van der Waals surface area contributed by atoms with Gasteiger partial charge in [-0.25, -0.2) is 0 Å². The lowest BCUT2D eigenvalue weighted by atomic mass is 9.80. The van der Waals surface area contributed by atoms with Crippen molar-refractivity contribution in [1.82, 2.24) is 0 Å². The van der Waals surface area contributed by atoms with Crippen molar-refractivity contribution >= 4 is 11.8 Å². The second-order valence-corrected chi connectivity index (χ2v) is 9.92. The maximum absolute atomic E-state index is 13.1. The molecule has 2 aliphatic carbocycles. The van der Waals surface area contributed by atoms with Gasteiger partial charge in [-0.05, 0) is 43.9 Å². The molecule has 0 saturated heterocycles. The Morgan fingerprint density at radius 2 is 1.36 bits per heavy atom. The summed E-state index contributed by atoms with van der Waals surface area (Å²) in [6.45, 7) is 6.36. The zero-order valence-corrected chi connectivity index (χ0v) is 15.6. The lowest BCUT2D eigenvalue weighted by Crippen LogP contribution is -2.39. The number of hydrogen-bond acceptors (Lipinski definition) is 1. The van der Waals surface area contributed by atoms with E-state index in [1.165, 1.54) is 17.3 Å². The summed E-state index contributed by atoms with van der Waals surface area (Å²) in [5.74, 6) is -3.68. The van der Waals surface area contributed by atoms with E-state index in [9.17, 15) is 26.3 Å². The van der Waals surface area contributed by atoms with Crippen LogP contribution in [0, 0.1) is 17.3 Å². The summed E-state index contributed by atoms with van der Waals surface area (Å²) in [5.41, 5.74) is 1.40. The van der Waals surface area contributed by atoms with Gasteiger partial charge in [0.05, 0.1) is 11.8 Å². The van der Waals surface area contributed by atoms with E-state index in [1.54, 1.807) is 0 Å². The highest BCUT2D eigenvalue weighted by molar-refractivity contribution is 8.00. The molecule has 0 aromatic heterocycles. The van der Waals surface area contributed by atoms with Crippen molar-refractivity contribution in [2.75, 3.05) is 0 Å². The van der Waals surface area contributed by atoms with E-state index in [0.29, 0.717) is 0 Å². The summed E-state index contributed by atoms with van der Waals surface area (Å²) < 4.78 is 78.3. The molecule has 1 fully saturated rings. The Morgan fingerprint density at radius 1 is 0.840 bits per heavy atom. The molecule has 25 heavy (non-hydrogen) atoms. The van der Waals surface area contributed by atoms with E-state index in [1.807, 2.05) is 0 Å². The van der Waals surface area contributed by atoms with Gasteiger partial charge in [0.2, 0.25) is 0 Å². The average molecular weight is 388 g/mol. The summed E-state index contributed by atoms with van der Waals surface area (Å²) in [4.78, 5) is 0. The van der Waals surface area contributed by atoms with Crippen molar-refractivity contribution in [3.8, 4) is 0 Å². The summed E-state index contributed by atoms with van der Waals surface area (Å²) in [7, 11) is 0. The summed E-state index contributed by atoms with van der Waals surface area (Å²) >= 11 is 1.35. The Balaban J connectivity index is 2.02. The quantitative estimate of drug-likeness (QED) is 0.357. The number of rotatable bonds is 2. The third kappa shape index (κ3) is 5.83. The van der Waals surface area contributed by atoms with E-state index < -0.39 is 35.9 Å². The molecular formula is C18H26F6S. The largest absolute Gasteiger partial charge is 0.391 e. The molecule has 0 nitrogen and oxygen atoms in total. The highest BCUT2D eigenvalue weighted by Gasteiger charge is 2.52.